The molecular formula is C18H26N2O2. The first-order valence-electron chi connectivity index (χ1n) is 8.40. The van der Waals surface area contributed by atoms with Gasteiger partial charge in [-0.15, -0.1) is 0 Å². The van der Waals surface area contributed by atoms with Gasteiger partial charge in [0.25, 0.3) is 0 Å². The van der Waals surface area contributed by atoms with Gasteiger partial charge in [-0.2, -0.15) is 0 Å². The van der Waals surface area contributed by atoms with Crippen LogP contribution in [-0.4, -0.2) is 30.3 Å². The quantitative estimate of drug-likeness (QED) is 0.756. The summed E-state index contributed by atoms with van der Waals surface area (Å²) in [7, 11) is 0. The molecule has 0 aromatic heterocycles. The van der Waals surface area contributed by atoms with E-state index in [0.29, 0.717) is 12.5 Å². The lowest BCUT2D eigenvalue weighted by atomic mass is 9.95. The lowest BCUT2D eigenvalue weighted by Crippen LogP contribution is -2.46. The molecule has 2 aliphatic carbocycles. The summed E-state index contributed by atoms with van der Waals surface area (Å²) >= 11 is 0. The Labute approximate surface area is 132 Å². The van der Waals surface area contributed by atoms with E-state index in [-0.39, 0.29) is 24.1 Å². The Hall–Kier alpha value is -1.55. The third kappa shape index (κ3) is 3.80. The molecule has 0 saturated heterocycles. The molecule has 3 N–H and O–H groups in total. The van der Waals surface area contributed by atoms with E-state index in [2.05, 4.69) is 34.9 Å². The summed E-state index contributed by atoms with van der Waals surface area (Å²) in [6, 6.07) is 10.7. The number of carbonyl (C=O) groups is 1. The zero-order valence-corrected chi connectivity index (χ0v) is 13.1. The van der Waals surface area contributed by atoms with Crippen molar-refractivity contribution in [2.45, 2.75) is 44.6 Å². The minimum atomic E-state index is -0.0790. The second kappa shape index (κ2) is 6.69. The first-order chi connectivity index (χ1) is 10.7. The van der Waals surface area contributed by atoms with E-state index in [0.717, 1.165) is 25.7 Å². The molecule has 4 nitrogen and oxygen atoms in total. The molecule has 2 amide bonds. The minimum absolute atomic E-state index is 0.0313. The number of rotatable bonds is 6. The number of nitrogens with one attached hydrogen (secondary N) is 2. The van der Waals surface area contributed by atoms with Crippen LogP contribution in [0.2, 0.25) is 0 Å². The third-order valence-electron chi connectivity index (χ3n) is 5.23. The SMILES string of the molecule is O=C(NCC1(CO)CC1)NC1CCCC1Cc1ccccc1. The van der Waals surface area contributed by atoms with Gasteiger partial charge in [0.2, 0.25) is 0 Å². The Balaban J connectivity index is 1.47. The molecule has 4 heteroatoms. The maximum Gasteiger partial charge on any atom is 0.315 e. The van der Waals surface area contributed by atoms with E-state index in [1.807, 2.05) is 6.07 Å². The average molecular weight is 302 g/mol. The molecule has 2 unspecified atom stereocenters. The Morgan fingerprint density at radius 3 is 2.68 bits per heavy atom. The number of aliphatic hydroxyl groups excluding tert-OH is 1. The minimum Gasteiger partial charge on any atom is -0.396 e. The predicted molar refractivity (Wildman–Crippen MR) is 86.6 cm³/mol. The van der Waals surface area contributed by atoms with Crippen LogP contribution in [0.25, 0.3) is 0 Å². The van der Waals surface area contributed by atoms with Gasteiger partial charge in [-0.3, -0.25) is 0 Å². The molecule has 3 rings (SSSR count). The monoisotopic (exact) mass is 302 g/mol. The van der Waals surface area contributed by atoms with E-state index >= 15 is 0 Å². The standard InChI is InChI=1S/C18H26N2O2/c21-13-18(9-10-18)12-19-17(22)20-16-8-4-7-15(16)11-14-5-2-1-3-6-14/h1-3,5-6,15-16,21H,4,7-13H2,(H2,19,20,22). The summed E-state index contributed by atoms with van der Waals surface area (Å²) in [6.45, 7) is 0.763. The molecule has 22 heavy (non-hydrogen) atoms. The van der Waals surface area contributed by atoms with Crippen LogP contribution in [0.4, 0.5) is 4.79 Å². The van der Waals surface area contributed by atoms with Crippen molar-refractivity contribution in [3.8, 4) is 0 Å². The van der Waals surface area contributed by atoms with Crippen LogP contribution < -0.4 is 10.6 Å². The number of hydrogen-bond acceptors (Lipinski definition) is 2. The molecule has 2 aliphatic rings. The van der Waals surface area contributed by atoms with Crippen molar-refractivity contribution in [2.75, 3.05) is 13.2 Å². The van der Waals surface area contributed by atoms with Crippen molar-refractivity contribution >= 4 is 6.03 Å². The Bertz CT molecular complexity index is 499. The van der Waals surface area contributed by atoms with E-state index in [1.165, 1.54) is 18.4 Å². The fraction of sp³-hybridized carbons (Fsp3) is 0.611. The van der Waals surface area contributed by atoms with Crippen molar-refractivity contribution in [1.82, 2.24) is 10.6 Å². The summed E-state index contributed by atoms with van der Waals surface area (Å²) in [4.78, 5) is 12.1. The third-order valence-corrected chi connectivity index (χ3v) is 5.23. The second-order valence-corrected chi connectivity index (χ2v) is 6.97. The first-order valence-corrected chi connectivity index (χ1v) is 8.40. The number of urea groups is 1. The van der Waals surface area contributed by atoms with Gasteiger partial charge >= 0.3 is 6.03 Å². The molecular weight excluding hydrogens is 276 g/mol. The second-order valence-electron chi connectivity index (χ2n) is 6.97. The lowest BCUT2D eigenvalue weighted by molar-refractivity contribution is 0.201. The van der Waals surface area contributed by atoms with Gasteiger partial charge in [-0.25, -0.2) is 4.79 Å². The summed E-state index contributed by atoms with van der Waals surface area (Å²) in [6.07, 6.45) is 6.50. The maximum absolute atomic E-state index is 12.1. The molecule has 1 aromatic carbocycles. The van der Waals surface area contributed by atoms with Crippen molar-refractivity contribution in [1.29, 1.82) is 0 Å². The van der Waals surface area contributed by atoms with Crippen LogP contribution in [0.3, 0.4) is 0 Å². The highest BCUT2D eigenvalue weighted by Gasteiger charge is 2.42. The number of carbonyl (C=O) groups excluding carboxylic acids is 1. The normalized spacial score (nSPS) is 25.7. The summed E-state index contributed by atoms with van der Waals surface area (Å²) < 4.78 is 0. The van der Waals surface area contributed by atoms with Gasteiger partial charge < -0.3 is 15.7 Å². The van der Waals surface area contributed by atoms with E-state index in [9.17, 15) is 9.90 Å². The molecule has 2 saturated carbocycles. The Morgan fingerprint density at radius 1 is 1.23 bits per heavy atom. The highest BCUT2D eigenvalue weighted by molar-refractivity contribution is 5.74. The molecule has 0 radical (unpaired) electrons. The number of hydrogen-bond donors (Lipinski definition) is 3. The van der Waals surface area contributed by atoms with E-state index in [4.69, 9.17) is 0 Å². The smallest absolute Gasteiger partial charge is 0.315 e. The highest BCUT2D eigenvalue weighted by Crippen LogP contribution is 2.44. The Kier molecular flexibility index (Phi) is 4.67. The van der Waals surface area contributed by atoms with Gasteiger partial charge in [-0.05, 0) is 43.6 Å². The topological polar surface area (TPSA) is 61.4 Å². The molecule has 120 valence electrons. The average Bonchev–Trinajstić information content (AvgIpc) is 3.22. The van der Waals surface area contributed by atoms with Crippen LogP contribution >= 0.6 is 0 Å². The highest BCUT2D eigenvalue weighted by atomic mass is 16.3. The summed E-state index contributed by atoms with van der Waals surface area (Å²) in [5.41, 5.74) is 1.31. The van der Waals surface area contributed by atoms with Crippen molar-refractivity contribution < 1.29 is 9.90 Å². The van der Waals surface area contributed by atoms with Gasteiger partial charge in [0.15, 0.2) is 0 Å². The van der Waals surface area contributed by atoms with E-state index < -0.39 is 0 Å². The zero-order valence-electron chi connectivity index (χ0n) is 13.1. The maximum atomic E-state index is 12.1. The van der Waals surface area contributed by atoms with Crippen molar-refractivity contribution in [3.05, 3.63) is 35.9 Å². The van der Waals surface area contributed by atoms with Crippen LogP contribution in [0.1, 0.15) is 37.7 Å². The zero-order chi connectivity index (χ0) is 15.4. The Morgan fingerprint density at radius 2 is 2.00 bits per heavy atom. The van der Waals surface area contributed by atoms with Crippen molar-refractivity contribution in [2.24, 2.45) is 11.3 Å². The predicted octanol–water partition coefficient (Wildman–Crippen LogP) is 2.47. The first kappa shape index (κ1) is 15.3. The number of benzene rings is 1. The summed E-state index contributed by atoms with van der Waals surface area (Å²) in [5.74, 6) is 0.529. The number of aliphatic hydroxyl groups is 1. The summed E-state index contributed by atoms with van der Waals surface area (Å²) in [5, 5.41) is 15.4. The largest absolute Gasteiger partial charge is 0.396 e. The number of amides is 2. The molecule has 0 heterocycles. The lowest BCUT2D eigenvalue weighted by Gasteiger charge is -2.22. The fourth-order valence-corrected chi connectivity index (χ4v) is 3.44. The fourth-order valence-electron chi connectivity index (χ4n) is 3.44. The molecule has 1 aromatic rings. The molecule has 2 fully saturated rings. The molecule has 0 spiro atoms. The van der Waals surface area contributed by atoms with Gasteiger partial charge in [0.1, 0.15) is 0 Å². The molecule has 2 atom stereocenters. The van der Waals surface area contributed by atoms with Crippen LogP contribution in [0.5, 0.6) is 0 Å². The van der Waals surface area contributed by atoms with Gasteiger partial charge in [-0.1, -0.05) is 36.8 Å². The molecule has 0 bridgehead atoms. The molecule has 0 aliphatic heterocycles. The van der Waals surface area contributed by atoms with Crippen LogP contribution in [0.15, 0.2) is 30.3 Å². The van der Waals surface area contributed by atoms with Crippen molar-refractivity contribution in [3.63, 3.8) is 0 Å². The van der Waals surface area contributed by atoms with Gasteiger partial charge in [0, 0.05) is 18.0 Å². The van der Waals surface area contributed by atoms with Crippen LogP contribution in [-0.2, 0) is 6.42 Å². The van der Waals surface area contributed by atoms with Crippen LogP contribution in [0, 0.1) is 11.3 Å². The van der Waals surface area contributed by atoms with Gasteiger partial charge in [0.05, 0.1) is 6.61 Å². The van der Waals surface area contributed by atoms with E-state index in [1.54, 1.807) is 0 Å².